The molecule has 1 aromatic rings. The van der Waals surface area contributed by atoms with Crippen LogP contribution in [-0.4, -0.2) is 58.6 Å². The Bertz CT molecular complexity index is 565. The smallest absolute Gasteiger partial charge is 0.229 e. The van der Waals surface area contributed by atoms with Crippen LogP contribution in [0.2, 0.25) is 0 Å². The van der Waals surface area contributed by atoms with Gasteiger partial charge in [0.05, 0.1) is 5.41 Å². The van der Waals surface area contributed by atoms with Crippen LogP contribution in [0.3, 0.4) is 0 Å². The lowest BCUT2D eigenvalue weighted by Crippen LogP contribution is -2.53. The quantitative estimate of drug-likeness (QED) is 0.845. The number of aryl methyl sites for hydroxylation is 1. The summed E-state index contributed by atoms with van der Waals surface area (Å²) >= 11 is 0. The van der Waals surface area contributed by atoms with Crippen molar-refractivity contribution in [2.24, 2.45) is 11.3 Å². The van der Waals surface area contributed by atoms with Crippen molar-refractivity contribution in [2.75, 3.05) is 32.7 Å². The number of nitrogens with zero attached hydrogens (tertiary/aromatic N) is 4. The summed E-state index contributed by atoms with van der Waals surface area (Å²) in [5.74, 6) is 2.33. The third-order valence-corrected chi connectivity index (χ3v) is 5.67. The second-order valence-corrected chi connectivity index (χ2v) is 7.71. The van der Waals surface area contributed by atoms with Crippen molar-refractivity contribution < 1.29 is 9.32 Å². The van der Waals surface area contributed by atoms with Crippen LogP contribution >= 0.6 is 0 Å². The Hall–Kier alpha value is -1.43. The maximum Gasteiger partial charge on any atom is 0.229 e. The zero-order valence-electron chi connectivity index (χ0n) is 15.3. The van der Waals surface area contributed by atoms with Gasteiger partial charge >= 0.3 is 0 Å². The van der Waals surface area contributed by atoms with Gasteiger partial charge in [0, 0.05) is 26.1 Å². The van der Waals surface area contributed by atoms with E-state index >= 15 is 0 Å². The molecule has 0 N–H and O–H groups in total. The minimum atomic E-state index is -0.204. The first-order valence-electron chi connectivity index (χ1n) is 9.31. The van der Waals surface area contributed by atoms with Crippen LogP contribution in [0.1, 0.15) is 51.2 Å². The highest BCUT2D eigenvalue weighted by Gasteiger charge is 2.40. The van der Waals surface area contributed by atoms with Crippen molar-refractivity contribution in [3.05, 3.63) is 11.7 Å². The summed E-state index contributed by atoms with van der Waals surface area (Å²) in [6, 6.07) is 0. The number of rotatable bonds is 4. The monoisotopic (exact) mass is 334 g/mol. The fraction of sp³-hybridized carbons (Fsp3) is 0.833. The fourth-order valence-electron chi connectivity index (χ4n) is 4.18. The molecule has 2 aliphatic heterocycles. The van der Waals surface area contributed by atoms with Gasteiger partial charge in [-0.05, 0) is 58.5 Å². The number of carbonyl (C=O) groups excluding carboxylic acids is 1. The van der Waals surface area contributed by atoms with E-state index in [2.05, 4.69) is 33.8 Å². The summed E-state index contributed by atoms with van der Waals surface area (Å²) in [5.41, 5.74) is -0.204. The van der Waals surface area contributed by atoms with Gasteiger partial charge in [-0.15, -0.1) is 0 Å². The van der Waals surface area contributed by atoms with E-state index in [1.807, 2.05) is 6.92 Å². The molecule has 3 rings (SSSR count). The number of amides is 1. The van der Waals surface area contributed by atoms with E-state index in [1.54, 1.807) is 0 Å². The summed E-state index contributed by atoms with van der Waals surface area (Å²) < 4.78 is 5.23. The van der Waals surface area contributed by atoms with Gasteiger partial charge in [0.15, 0.2) is 5.82 Å². The molecule has 0 aromatic carbocycles. The van der Waals surface area contributed by atoms with Gasteiger partial charge in [0.25, 0.3) is 0 Å². The third kappa shape index (κ3) is 3.79. The molecular weight excluding hydrogens is 304 g/mol. The van der Waals surface area contributed by atoms with Crippen molar-refractivity contribution >= 4 is 5.91 Å². The Kier molecular flexibility index (Phi) is 5.23. The van der Waals surface area contributed by atoms with Gasteiger partial charge in [-0.25, -0.2) is 0 Å². The maximum absolute atomic E-state index is 13.1. The Morgan fingerprint density at radius 3 is 2.71 bits per heavy atom. The predicted molar refractivity (Wildman–Crippen MR) is 91.5 cm³/mol. The zero-order chi connectivity index (χ0) is 17.2. The van der Waals surface area contributed by atoms with Crippen LogP contribution in [0.4, 0.5) is 0 Å². The van der Waals surface area contributed by atoms with Crippen LogP contribution in [0.15, 0.2) is 4.52 Å². The molecule has 6 nitrogen and oxygen atoms in total. The predicted octanol–water partition coefficient (Wildman–Crippen LogP) is 2.28. The Morgan fingerprint density at radius 2 is 2.08 bits per heavy atom. The van der Waals surface area contributed by atoms with Gasteiger partial charge in [0.1, 0.15) is 0 Å². The molecule has 134 valence electrons. The molecule has 2 aliphatic rings. The van der Waals surface area contributed by atoms with Crippen LogP contribution < -0.4 is 0 Å². The summed E-state index contributed by atoms with van der Waals surface area (Å²) in [6.45, 7) is 11.0. The highest BCUT2D eigenvalue weighted by atomic mass is 16.5. The van der Waals surface area contributed by atoms with Crippen molar-refractivity contribution in [2.45, 2.75) is 52.9 Å². The molecule has 1 amide bonds. The molecule has 0 unspecified atom stereocenters. The second kappa shape index (κ2) is 7.21. The lowest BCUT2D eigenvalue weighted by molar-refractivity contribution is -0.146. The van der Waals surface area contributed by atoms with Crippen molar-refractivity contribution in [3.8, 4) is 0 Å². The van der Waals surface area contributed by atoms with Gasteiger partial charge in [0.2, 0.25) is 11.8 Å². The minimum absolute atomic E-state index is 0.204. The van der Waals surface area contributed by atoms with Gasteiger partial charge in [-0.2, -0.15) is 4.98 Å². The van der Waals surface area contributed by atoms with E-state index in [9.17, 15) is 4.79 Å². The SMILES string of the molecule is CCN1CCC[C@@](C)(C(=O)N2CCC(Cc3nc(C)no3)CC2)C1. The van der Waals surface area contributed by atoms with E-state index in [-0.39, 0.29) is 5.41 Å². The average molecular weight is 334 g/mol. The van der Waals surface area contributed by atoms with E-state index in [1.165, 1.54) is 0 Å². The lowest BCUT2D eigenvalue weighted by atomic mass is 9.79. The number of carbonyl (C=O) groups is 1. The number of aromatic nitrogens is 2. The van der Waals surface area contributed by atoms with E-state index in [0.29, 0.717) is 17.6 Å². The Morgan fingerprint density at radius 1 is 1.33 bits per heavy atom. The first-order chi connectivity index (χ1) is 11.5. The maximum atomic E-state index is 13.1. The molecular formula is C18H30N4O2. The lowest BCUT2D eigenvalue weighted by Gasteiger charge is -2.43. The van der Waals surface area contributed by atoms with Crippen molar-refractivity contribution in [1.82, 2.24) is 19.9 Å². The molecule has 0 saturated carbocycles. The third-order valence-electron chi connectivity index (χ3n) is 5.67. The molecule has 0 bridgehead atoms. The Labute approximate surface area is 144 Å². The molecule has 2 saturated heterocycles. The first kappa shape index (κ1) is 17.4. The van der Waals surface area contributed by atoms with Crippen LogP contribution in [0, 0.1) is 18.3 Å². The number of hydrogen-bond donors (Lipinski definition) is 0. The summed E-state index contributed by atoms with van der Waals surface area (Å²) in [6.07, 6.45) is 5.04. The van der Waals surface area contributed by atoms with Crippen molar-refractivity contribution in [3.63, 3.8) is 0 Å². The van der Waals surface area contributed by atoms with E-state index in [0.717, 1.165) is 70.7 Å². The highest BCUT2D eigenvalue weighted by molar-refractivity contribution is 5.82. The molecule has 1 atom stereocenters. The molecule has 2 fully saturated rings. The fourth-order valence-corrected chi connectivity index (χ4v) is 4.18. The molecule has 6 heteroatoms. The zero-order valence-corrected chi connectivity index (χ0v) is 15.3. The molecule has 0 aliphatic carbocycles. The summed E-state index contributed by atoms with van der Waals surface area (Å²) in [4.78, 5) is 21.9. The largest absolute Gasteiger partial charge is 0.342 e. The highest BCUT2D eigenvalue weighted by Crippen LogP contribution is 2.33. The molecule has 24 heavy (non-hydrogen) atoms. The topological polar surface area (TPSA) is 62.5 Å². The molecule has 1 aromatic heterocycles. The molecule has 3 heterocycles. The standard InChI is InChI=1S/C18H30N4O2/c1-4-21-9-5-8-18(3,13-21)17(23)22-10-6-15(7-11-22)12-16-19-14(2)20-24-16/h15H,4-13H2,1-3H3/t18-/m1/s1. The Balaban J connectivity index is 1.53. The first-order valence-corrected chi connectivity index (χ1v) is 9.31. The van der Waals surface area contributed by atoms with Gasteiger partial charge < -0.3 is 14.3 Å². The molecule has 0 radical (unpaired) electrons. The van der Waals surface area contributed by atoms with Crippen LogP contribution in [-0.2, 0) is 11.2 Å². The average Bonchev–Trinajstić information content (AvgIpc) is 3.00. The second-order valence-electron chi connectivity index (χ2n) is 7.71. The van der Waals surface area contributed by atoms with E-state index < -0.39 is 0 Å². The van der Waals surface area contributed by atoms with Crippen LogP contribution in [0.5, 0.6) is 0 Å². The number of hydrogen-bond acceptors (Lipinski definition) is 5. The summed E-state index contributed by atoms with van der Waals surface area (Å²) in [5, 5.41) is 3.86. The van der Waals surface area contributed by atoms with Gasteiger partial charge in [-0.3, -0.25) is 4.79 Å². The normalized spacial score (nSPS) is 26.7. The van der Waals surface area contributed by atoms with E-state index in [4.69, 9.17) is 4.52 Å². The number of piperidine rings is 2. The molecule has 0 spiro atoms. The van der Waals surface area contributed by atoms with Gasteiger partial charge in [-0.1, -0.05) is 12.1 Å². The number of likely N-dealkylation sites (tertiary alicyclic amines) is 2. The van der Waals surface area contributed by atoms with Crippen LogP contribution in [0.25, 0.3) is 0 Å². The summed E-state index contributed by atoms with van der Waals surface area (Å²) in [7, 11) is 0. The van der Waals surface area contributed by atoms with Crippen molar-refractivity contribution in [1.29, 1.82) is 0 Å². The minimum Gasteiger partial charge on any atom is -0.342 e.